The fourth-order valence-corrected chi connectivity index (χ4v) is 2.96. The number of nitrogens with zero attached hydrogens (tertiary/aromatic N) is 2. The molecule has 3 heterocycles. The van der Waals surface area contributed by atoms with Crippen molar-refractivity contribution in [1.82, 2.24) is 14.5 Å². The second-order valence-corrected chi connectivity index (χ2v) is 5.57. The smallest absolute Gasteiger partial charge is 0.330 e. The van der Waals surface area contributed by atoms with E-state index in [1.165, 1.54) is 12.3 Å². The van der Waals surface area contributed by atoms with E-state index in [2.05, 4.69) is 9.88 Å². The lowest BCUT2D eigenvalue weighted by Crippen LogP contribution is -2.39. The van der Waals surface area contributed by atoms with E-state index < -0.39 is 35.8 Å². The number of aromatic nitrogens is 2. The molecule has 2 aliphatic rings. The van der Waals surface area contributed by atoms with Crippen molar-refractivity contribution in [1.29, 1.82) is 0 Å². The maximum atomic E-state index is 11.8. The number of likely N-dealkylation sites (tertiary alicyclic amines) is 1. The van der Waals surface area contributed by atoms with Crippen molar-refractivity contribution in [3.05, 3.63) is 33.1 Å². The lowest BCUT2D eigenvalue weighted by molar-refractivity contribution is -0.0468. The zero-order valence-electron chi connectivity index (χ0n) is 11.5. The Hall–Kier alpha value is -1.48. The fraction of sp³-hybridized carbons (Fsp3) is 0.692. The highest BCUT2D eigenvalue weighted by atomic mass is 16.6. The van der Waals surface area contributed by atoms with E-state index in [0.29, 0.717) is 6.54 Å². The summed E-state index contributed by atoms with van der Waals surface area (Å²) in [5, 5.41) is 20.2. The summed E-state index contributed by atoms with van der Waals surface area (Å²) in [6.07, 6.45) is -0.308. The molecule has 8 nitrogen and oxygen atoms in total. The van der Waals surface area contributed by atoms with E-state index in [9.17, 15) is 19.8 Å². The Morgan fingerprint density at radius 3 is 2.62 bits per heavy atom. The van der Waals surface area contributed by atoms with Crippen LogP contribution in [0.1, 0.15) is 19.1 Å². The number of hydrogen-bond acceptors (Lipinski definition) is 6. The predicted molar refractivity (Wildman–Crippen MR) is 72.9 cm³/mol. The van der Waals surface area contributed by atoms with Crippen LogP contribution >= 0.6 is 0 Å². The van der Waals surface area contributed by atoms with E-state index in [0.717, 1.165) is 30.5 Å². The summed E-state index contributed by atoms with van der Waals surface area (Å²) in [5.41, 5.74) is -1.18. The van der Waals surface area contributed by atoms with Crippen LogP contribution in [-0.2, 0) is 4.74 Å². The molecule has 0 radical (unpaired) electrons. The van der Waals surface area contributed by atoms with Crippen molar-refractivity contribution in [2.24, 2.45) is 0 Å². The van der Waals surface area contributed by atoms with Gasteiger partial charge in [0.15, 0.2) is 6.23 Å². The molecule has 1 aromatic heterocycles. The number of ether oxygens (including phenoxy) is 1. The standard InChI is InChI=1S/C13H19N3O5/c17-9-3-6-16(13(20)14-9)12-11(19)10(18)8(21-12)7-15-4-1-2-5-15/h3,6,8,10-12,18-19H,1-2,4-5,7H2,(H,14,17,20)/t8-,10-,11+,12+/m0/s1. The van der Waals surface area contributed by atoms with Gasteiger partial charge in [0.2, 0.25) is 0 Å². The van der Waals surface area contributed by atoms with Gasteiger partial charge in [-0.05, 0) is 25.9 Å². The lowest BCUT2D eigenvalue weighted by Gasteiger charge is -2.21. The first-order valence-electron chi connectivity index (χ1n) is 7.11. The Kier molecular flexibility index (Phi) is 3.94. The van der Waals surface area contributed by atoms with Crippen LogP contribution < -0.4 is 11.2 Å². The van der Waals surface area contributed by atoms with Gasteiger partial charge in [0.25, 0.3) is 5.56 Å². The van der Waals surface area contributed by atoms with Crippen LogP contribution in [0.3, 0.4) is 0 Å². The van der Waals surface area contributed by atoms with E-state index in [-0.39, 0.29) is 0 Å². The molecule has 0 unspecified atom stereocenters. The van der Waals surface area contributed by atoms with Gasteiger partial charge in [-0.25, -0.2) is 4.79 Å². The molecular weight excluding hydrogens is 278 g/mol. The van der Waals surface area contributed by atoms with Gasteiger partial charge in [0, 0.05) is 18.8 Å². The van der Waals surface area contributed by atoms with Crippen LogP contribution in [0.15, 0.2) is 21.9 Å². The van der Waals surface area contributed by atoms with Crippen molar-refractivity contribution < 1.29 is 14.9 Å². The number of nitrogens with one attached hydrogen (secondary N) is 1. The molecular formula is C13H19N3O5. The van der Waals surface area contributed by atoms with Gasteiger partial charge < -0.3 is 19.8 Å². The second-order valence-electron chi connectivity index (χ2n) is 5.57. The van der Waals surface area contributed by atoms with Crippen LogP contribution in [0.25, 0.3) is 0 Å². The summed E-state index contributed by atoms with van der Waals surface area (Å²) >= 11 is 0. The monoisotopic (exact) mass is 297 g/mol. The number of aliphatic hydroxyl groups is 2. The average molecular weight is 297 g/mol. The maximum Gasteiger partial charge on any atom is 0.330 e. The number of rotatable bonds is 3. The number of aliphatic hydroxyl groups excluding tert-OH is 2. The van der Waals surface area contributed by atoms with E-state index in [4.69, 9.17) is 4.74 Å². The molecule has 2 fully saturated rings. The molecule has 0 amide bonds. The Morgan fingerprint density at radius 2 is 1.95 bits per heavy atom. The number of H-pyrrole nitrogens is 1. The van der Waals surface area contributed by atoms with Gasteiger partial charge in [-0.3, -0.25) is 14.3 Å². The Labute approximate surface area is 120 Å². The second kappa shape index (κ2) is 5.72. The van der Waals surface area contributed by atoms with Crippen LogP contribution in [0.2, 0.25) is 0 Å². The van der Waals surface area contributed by atoms with Gasteiger partial charge in [0.1, 0.15) is 18.3 Å². The third-order valence-electron chi connectivity index (χ3n) is 4.10. The first-order chi connectivity index (χ1) is 10.1. The van der Waals surface area contributed by atoms with Crippen molar-refractivity contribution in [3.63, 3.8) is 0 Å². The van der Waals surface area contributed by atoms with Crippen LogP contribution in [0, 0.1) is 0 Å². The highest BCUT2D eigenvalue weighted by Crippen LogP contribution is 2.29. The fourth-order valence-electron chi connectivity index (χ4n) is 2.96. The number of aromatic amines is 1. The Balaban J connectivity index is 1.77. The molecule has 0 aliphatic carbocycles. The molecule has 21 heavy (non-hydrogen) atoms. The normalized spacial score (nSPS) is 33.6. The quantitative estimate of drug-likeness (QED) is 0.611. The zero-order valence-corrected chi connectivity index (χ0v) is 11.5. The highest BCUT2D eigenvalue weighted by molar-refractivity contribution is 4.94. The summed E-state index contributed by atoms with van der Waals surface area (Å²) in [7, 11) is 0. The minimum Gasteiger partial charge on any atom is -0.387 e. The first-order valence-corrected chi connectivity index (χ1v) is 7.11. The molecule has 2 saturated heterocycles. The molecule has 3 rings (SSSR count). The average Bonchev–Trinajstić information content (AvgIpc) is 3.04. The Morgan fingerprint density at radius 1 is 1.24 bits per heavy atom. The van der Waals surface area contributed by atoms with Gasteiger partial charge in [0.05, 0.1) is 0 Å². The summed E-state index contributed by atoms with van der Waals surface area (Å²) < 4.78 is 6.75. The third-order valence-corrected chi connectivity index (χ3v) is 4.10. The van der Waals surface area contributed by atoms with Crippen LogP contribution in [0.5, 0.6) is 0 Å². The van der Waals surface area contributed by atoms with Crippen molar-refractivity contribution in [3.8, 4) is 0 Å². The molecule has 3 N–H and O–H groups in total. The van der Waals surface area contributed by atoms with E-state index in [1.807, 2.05) is 0 Å². The minimum absolute atomic E-state index is 0.516. The molecule has 0 saturated carbocycles. The van der Waals surface area contributed by atoms with Crippen LogP contribution in [-0.4, -0.2) is 62.6 Å². The zero-order chi connectivity index (χ0) is 15.0. The van der Waals surface area contributed by atoms with Crippen LogP contribution in [0.4, 0.5) is 0 Å². The van der Waals surface area contributed by atoms with Crippen molar-refractivity contribution in [2.45, 2.75) is 37.4 Å². The van der Waals surface area contributed by atoms with E-state index >= 15 is 0 Å². The molecule has 0 spiro atoms. The predicted octanol–water partition coefficient (Wildman–Crippen LogP) is -1.75. The van der Waals surface area contributed by atoms with Crippen molar-refractivity contribution in [2.75, 3.05) is 19.6 Å². The number of hydrogen-bond donors (Lipinski definition) is 3. The topological polar surface area (TPSA) is 108 Å². The first kappa shape index (κ1) is 14.5. The molecule has 8 heteroatoms. The summed E-state index contributed by atoms with van der Waals surface area (Å²) in [6.45, 7) is 2.42. The maximum absolute atomic E-state index is 11.8. The minimum atomic E-state index is -1.21. The molecule has 0 bridgehead atoms. The molecule has 116 valence electrons. The largest absolute Gasteiger partial charge is 0.387 e. The molecule has 0 aromatic carbocycles. The summed E-state index contributed by atoms with van der Waals surface area (Å²) in [5.74, 6) is 0. The molecule has 4 atom stereocenters. The molecule has 2 aliphatic heterocycles. The van der Waals surface area contributed by atoms with Gasteiger partial charge >= 0.3 is 5.69 Å². The van der Waals surface area contributed by atoms with Gasteiger partial charge in [-0.15, -0.1) is 0 Å². The van der Waals surface area contributed by atoms with Gasteiger partial charge in [-0.2, -0.15) is 0 Å². The summed E-state index contributed by atoms with van der Waals surface area (Å²) in [6, 6.07) is 1.18. The van der Waals surface area contributed by atoms with Gasteiger partial charge in [-0.1, -0.05) is 0 Å². The third kappa shape index (κ3) is 2.80. The van der Waals surface area contributed by atoms with Crippen molar-refractivity contribution >= 4 is 0 Å². The highest BCUT2D eigenvalue weighted by Gasteiger charge is 2.44. The molecule has 1 aromatic rings. The SMILES string of the molecule is O=c1ccn([C@@H]2O[C@@H](CN3CCCC3)[C@H](O)[C@H]2O)c(=O)[nH]1. The Bertz CT molecular complexity index is 606. The lowest BCUT2D eigenvalue weighted by atomic mass is 10.1. The van der Waals surface area contributed by atoms with E-state index in [1.54, 1.807) is 0 Å². The summed E-state index contributed by atoms with van der Waals surface area (Å²) in [4.78, 5) is 27.1.